The maximum Gasteiger partial charge on any atom is 0.323 e. The summed E-state index contributed by atoms with van der Waals surface area (Å²) in [5.41, 5.74) is 1.32. The fraction of sp³-hybridized carbons (Fsp3) is 0.118. The standard InChI is InChI=1S/C17H17FN2O2/c1-2-22-16-8-6-15(7-9-16)20-17(21)19-11-10-13-4-3-5-14(18)12-13/h3-12H,2H2,1H3,(H2,19,20,21)/b11-10+. The van der Waals surface area contributed by atoms with Crippen LogP contribution in [0.15, 0.2) is 54.7 Å². The lowest BCUT2D eigenvalue weighted by Gasteiger charge is -2.06. The Kier molecular flexibility index (Phi) is 5.54. The Bertz CT molecular complexity index is 654. The lowest BCUT2D eigenvalue weighted by molar-refractivity contribution is 0.255. The molecule has 0 aliphatic carbocycles. The number of amides is 2. The van der Waals surface area contributed by atoms with Gasteiger partial charge in [0.15, 0.2) is 0 Å². The van der Waals surface area contributed by atoms with E-state index in [-0.39, 0.29) is 11.8 Å². The van der Waals surface area contributed by atoms with Gasteiger partial charge in [0, 0.05) is 11.9 Å². The summed E-state index contributed by atoms with van der Waals surface area (Å²) in [6.07, 6.45) is 3.07. The topological polar surface area (TPSA) is 50.4 Å². The van der Waals surface area contributed by atoms with Crippen LogP contribution in [0, 0.1) is 5.82 Å². The minimum absolute atomic E-state index is 0.319. The molecule has 0 bridgehead atoms. The minimum Gasteiger partial charge on any atom is -0.494 e. The van der Waals surface area contributed by atoms with Crippen LogP contribution in [0.4, 0.5) is 14.9 Å². The van der Waals surface area contributed by atoms with Crippen molar-refractivity contribution in [2.75, 3.05) is 11.9 Å². The third-order valence-electron chi connectivity index (χ3n) is 2.76. The Balaban J connectivity index is 1.85. The molecule has 0 aliphatic rings. The number of hydrogen-bond acceptors (Lipinski definition) is 2. The Morgan fingerprint density at radius 3 is 2.68 bits per heavy atom. The SMILES string of the molecule is CCOc1ccc(NC(=O)N/C=C/c2cccc(F)c2)cc1. The second kappa shape index (κ2) is 7.83. The lowest BCUT2D eigenvalue weighted by Crippen LogP contribution is -2.23. The van der Waals surface area contributed by atoms with Gasteiger partial charge in [-0.25, -0.2) is 9.18 Å². The van der Waals surface area contributed by atoms with E-state index in [1.54, 1.807) is 42.5 Å². The normalized spacial score (nSPS) is 10.5. The van der Waals surface area contributed by atoms with Crippen molar-refractivity contribution in [2.45, 2.75) is 6.92 Å². The summed E-state index contributed by atoms with van der Waals surface area (Å²) < 4.78 is 18.3. The van der Waals surface area contributed by atoms with Crippen LogP contribution in [0.1, 0.15) is 12.5 Å². The van der Waals surface area contributed by atoms with Gasteiger partial charge in [-0.15, -0.1) is 0 Å². The molecule has 2 N–H and O–H groups in total. The summed E-state index contributed by atoms with van der Waals surface area (Å²) in [6, 6.07) is 12.8. The molecule has 2 rings (SSSR count). The van der Waals surface area contributed by atoms with E-state index in [0.29, 0.717) is 17.9 Å². The Hall–Kier alpha value is -2.82. The highest BCUT2D eigenvalue weighted by Gasteiger charge is 1.99. The first kappa shape index (κ1) is 15.6. The number of carbonyl (C=O) groups excluding carboxylic acids is 1. The van der Waals surface area contributed by atoms with E-state index in [1.165, 1.54) is 18.3 Å². The zero-order valence-electron chi connectivity index (χ0n) is 12.2. The van der Waals surface area contributed by atoms with Crippen LogP contribution in [0.2, 0.25) is 0 Å². The van der Waals surface area contributed by atoms with E-state index in [1.807, 2.05) is 6.92 Å². The molecule has 0 saturated heterocycles. The van der Waals surface area contributed by atoms with Gasteiger partial charge < -0.3 is 15.4 Å². The number of rotatable bonds is 5. The fourth-order valence-electron chi connectivity index (χ4n) is 1.79. The van der Waals surface area contributed by atoms with Gasteiger partial charge in [-0.1, -0.05) is 12.1 Å². The van der Waals surface area contributed by atoms with E-state index in [4.69, 9.17) is 4.74 Å². The smallest absolute Gasteiger partial charge is 0.323 e. The average Bonchev–Trinajstić information content (AvgIpc) is 2.50. The van der Waals surface area contributed by atoms with Gasteiger partial charge in [-0.2, -0.15) is 0 Å². The number of hydrogen-bond donors (Lipinski definition) is 2. The fourth-order valence-corrected chi connectivity index (χ4v) is 1.79. The molecule has 5 heteroatoms. The molecule has 0 aromatic heterocycles. The molecule has 0 aliphatic heterocycles. The van der Waals surface area contributed by atoms with E-state index in [9.17, 15) is 9.18 Å². The van der Waals surface area contributed by atoms with E-state index < -0.39 is 0 Å². The van der Waals surface area contributed by atoms with Gasteiger partial charge in [0.25, 0.3) is 0 Å². The Morgan fingerprint density at radius 2 is 2.00 bits per heavy atom. The van der Waals surface area contributed by atoms with Gasteiger partial charge in [0.2, 0.25) is 0 Å². The first-order valence-electron chi connectivity index (χ1n) is 6.90. The van der Waals surface area contributed by atoms with Crippen molar-refractivity contribution in [3.63, 3.8) is 0 Å². The van der Waals surface area contributed by atoms with Crippen molar-refractivity contribution < 1.29 is 13.9 Å². The number of nitrogens with one attached hydrogen (secondary N) is 2. The predicted octanol–water partition coefficient (Wildman–Crippen LogP) is 4.02. The van der Waals surface area contributed by atoms with Crippen molar-refractivity contribution in [2.24, 2.45) is 0 Å². The van der Waals surface area contributed by atoms with Crippen molar-refractivity contribution in [3.8, 4) is 5.75 Å². The molecule has 0 radical (unpaired) electrons. The molecular weight excluding hydrogens is 283 g/mol. The zero-order valence-corrected chi connectivity index (χ0v) is 12.2. The molecule has 2 aromatic carbocycles. The molecule has 0 fully saturated rings. The summed E-state index contributed by atoms with van der Waals surface area (Å²) in [4.78, 5) is 11.7. The highest BCUT2D eigenvalue weighted by atomic mass is 19.1. The third-order valence-corrected chi connectivity index (χ3v) is 2.76. The molecule has 0 spiro atoms. The second-order valence-corrected chi connectivity index (χ2v) is 4.44. The van der Waals surface area contributed by atoms with Gasteiger partial charge in [0.1, 0.15) is 11.6 Å². The summed E-state index contributed by atoms with van der Waals surface area (Å²) in [5.74, 6) is 0.431. The molecule has 2 amide bonds. The molecule has 0 atom stereocenters. The molecule has 0 unspecified atom stereocenters. The monoisotopic (exact) mass is 300 g/mol. The molecule has 22 heavy (non-hydrogen) atoms. The lowest BCUT2D eigenvalue weighted by atomic mass is 10.2. The number of urea groups is 1. The summed E-state index contributed by atoms with van der Waals surface area (Å²) in [7, 11) is 0. The molecular formula is C17H17FN2O2. The van der Waals surface area contributed by atoms with Crippen molar-refractivity contribution >= 4 is 17.8 Å². The van der Waals surface area contributed by atoms with Crippen LogP contribution in [0.5, 0.6) is 5.75 Å². The summed E-state index contributed by atoms with van der Waals surface area (Å²) >= 11 is 0. The summed E-state index contributed by atoms with van der Waals surface area (Å²) in [6.45, 7) is 2.50. The van der Waals surface area contributed by atoms with Gasteiger partial charge in [0.05, 0.1) is 6.61 Å². The zero-order chi connectivity index (χ0) is 15.8. The highest BCUT2D eigenvalue weighted by Crippen LogP contribution is 2.15. The largest absolute Gasteiger partial charge is 0.494 e. The maximum absolute atomic E-state index is 13.0. The van der Waals surface area contributed by atoms with Crippen molar-refractivity contribution in [1.82, 2.24) is 5.32 Å². The number of anilines is 1. The second-order valence-electron chi connectivity index (χ2n) is 4.44. The van der Waals surface area contributed by atoms with Crippen LogP contribution in [0.3, 0.4) is 0 Å². The Labute approximate surface area is 128 Å². The third kappa shape index (κ3) is 4.94. The average molecular weight is 300 g/mol. The quantitative estimate of drug-likeness (QED) is 0.876. The maximum atomic E-state index is 13.0. The highest BCUT2D eigenvalue weighted by molar-refractivity contribution is 5.90. The molecule has 2 aromatic rings. The van der Waals surface area contributed by atoms with Gasteiger partial charge >= 0.3 is 6.03 Å². The molecule has 114 valence electrons. The molecule has 0 saturated carbocycles. The Morgan fingerprint density at radius 1 is 1.23 bits per heavy atom. The number of ether oxygens (including phenoxy) is 1. The van der Waals surface area contributed by atoms with Gasteiger partial charge in [-0.05, 0) is 55.0 Å². The first-order chi connectivity index (χ1) is 10.7. The molecule has 4 nitrogen and oxygen atoms in total. The number of carbonyl (C=O) groups is 1. The number of halogens is 1. The van der Waals surface area contributed by atoms with E-state index >= 15 is 0 Å². The van der Waals surface area contributed by atoms with Gasteiger partial charge in [-0.3, -0.25) is 0 Å². The minimum atomic E-state index is -0.378. The van der Waals surface area contributed by atoms with Crippen LogP contribution < -0.4 is 15.4 Å². The first-order valence-corrected chi connectivity index (χ1v) is 6.90. The molecule has 0 heterocycles. The van der Waals surface area contributed by atoms with Crippen LogP contribution in [0.25, 0.3) is 6.08 Å². The van der Waals surface area contributed by atoms with E-state index in [0.717, 1.165) is 5.75 Å². The van der Waals surface area contributed by atoms with Crippen molar-refractivity contribution in [3.05, 3.63) is 66.1 Å². The predicted molar refractivity (Wildman–Crippen MR) is 85.2 cm³/mol. The number of benzene rings is 2. The van der Waals surface area contributed by atoms with Crippen molar-refractivity contribution in [1.29, 1.82) is 0 Å². The van der Waals surface area contributed by atoms with Crippen LogP contribution in [-0.4, -0.2) is 12.6 Å². The summed E-state index contributed by atoms with van der Waals surface area (Å²) in [5, 5.41) is 5.23. The van der Waals surface area contributed by atoms with E-state index in [2.05, 4.69) is 10.6 Å². The van der Waals surface area contributed by atoms with Crippen LogP contribution >= 0.6 is 0 Å². The van der Waals surface area contributed by atoms with Crippen LogP contribution in [-0.2, 0) is 0 Å².